The molecule has 0 radical (unpaired) electrons. The number of nitrogens with two attached hydrogens (primary N) is 1. The molecular weight excluding hydrogens is 300 g/mol. The van der Waals surface area contributed by atoms with Crippen LogP contribution in [-0.2, 0) is 10.0 Å². The van der Waals surface area contributed by atoms with E-state index >= 15 is 0 Å². The fourth-order valence-electron chi connectivity index (χ4n) is 1.53. The number of carbonyl (C=O) groups excluding carboxylic acids is 1. The van der Waals surface area contributed by atoms with Gasteiger partial charge in [0, 0.05) is 5.69 Å². The van der Waals surface area contributed by atoms with Gasteiger partial charge in [0.1, 0.15) is 4.88 Å². The molecule has 0 fully saturated rings. The Hall–Kier alpha value is -1.84. The van der Waals surface area contributed by atoms with Crippen LogP contribution in [0.1, 0.15) is 20.9 Å². The highest BCUT2D eigenvalue weighted by atomic mass is 32.2. The lowest BCUT2D eigenvalue weighted by Crippen LogP contribution is -2.15. The minimum Gasteiger partial charge on any atom is -0.321 e. The number of carbonyl (C=O) groups is 1. The smallest absolute Gasteiger partial charge is 0.269 e. The number of hydrogen-bond acceptors (Lipinski definition) is 6. The molecule has 1 heterocycles. The Kier molecular flexibility index (Phi) is 3.84. The van der Waals surface area contributed by atoms with Gasteiger partial charge in [-0.05, 0) is 43.1 Å². The van der Waals surface area contributed by atoms with Crippen LogP contribution >= 0.6 is 11.5 Å². The molecule has 1 amide bonds. The first-order valence-electron chi connectivity index (χ1n) is 5.53. The number of anilines is 1. The van der Waals surface area contributed by atoms with E-state index in [1.807, 2.05) is 0 Å². The van der Waals surface area contributed by atoms with Crippen molar-refractivity contribution in [1.29, 1.82) is 0 Å². The van der Waals surface area contributed by atoms with Gasteiger partial charge in [0.2, 0.25) is 10.0 Å². The summed E-state index contributed by atoms with van der Waals surface area (Å²) in [6.45, 7) is 3.42. The van der Waals surface area contributed by atoms with Crippen molar-refractivity contribution in [2.24, 2.45) is 5.14 Å². The summed E-state index contributed by atoms with van der Waals surface area (Å²) >= 11 is 0.976. The van der Waals surface area contributed by atoms with Crippen LogP contribution in [0.2, 0.25) is 0 Å². The quantitative estimate of drug-likeness (QED) is 0.879. The summed E-state index contributed by atoms with van der Waals surface area (Å²) in [7, 11) is -3.81. The summed E-state index contributed by atoms with van der Waals surface area (Å²) in [5.74, 6) is -0.382. The summed E-state index contributed by atoms with van der Waals surface area (Å²) in [6, 6.07) is 4.29. The molecule has 0 aliphatic rings. The first-order valence-corrected chi connectivity index (χ1v) is 7.85. The maximum atomic E-state index is 12.0. The van der Waals surface area contributed by atoms with E-state index in [2.05, 4.69) is 14.9 Å². The van der Waals surface area contributed by atoms with E-state index in [-0.39, 0.29) is 10.8 Å². The van der Waals surface area contributed by atoms with Crippen LogP contribution in [0, 0.1) is 13.8 Å². The number of nitrogens with one attached hydrogen (secondary N) is 1. The topological polar surface area (TPSA) is 115 Å². The lowest BCUT2D eigenvalue weighted by atomic mass is 10.2. The zero-order valence-electron chi connectivity index (χ0n) is 10.7. The number of hydrogen-bond donors (Lipinski definition) is 2. The fourth-order valence-corrected chi connectivity index (χ4v) is 2.62. The Labute approximate surface area is 120 Å². The predicted octanol–water partition coefficient (Wildman–Crippen LogP) is 1.05. The third kappa shape index (κ3) is 3.00. The molecule has 9 heteroatoms. The maximum Gasteiger partial charge on any atom is 0.269 e. The highest BCUT2D eigenvalue weighted by Crippen LogP contribution is 2.21. The van der Waals surface area contributed by atoms with Crippen molar-refractivity contribution in [3.63, 3.8) is 0 Å². The number of rotatable bonds is 3. The third-order valence-electron chi connectivity index (χ3n) is 2.64. The molecule has 20 heavy (non-hydrogen) atoms. The van der Waals surface area contributed by atoms with Gasteiger partial charge in [-0.15, -0.1) is 5.10 Å². The minimum absolute atomic E-state index is 0.0578. The number of nitrogens with zero attached hydrogens (tertiary/aromatic N) is 2. The Morgan fingerprint density at radius 1 is 1.35 bits per heavy atom. The normalized spacial score (nSPS) is 11.3. The average molecular weight is 312 g/mol. The molecule has 0 saturated carbocycles. The highest BCUT2D eigenvalue weighted by Gasteiger charge is 2.16. The summed E-state index contributed by atoms with van der Waals surface area (Å²) in [5.41, 5.74) is 1.63. The van der Waals surface area contributed by atoms with E-state index in [1.165, 1.54) is 12.1 Å². The molecule has 0 spiro atoms. The van der Waals surface area contributed by atoms with Crippen LogP contribution in [0.3, 0.4) is 0 Å². The second-order valence-electron chi connectivity index (χ2n) is 4.16. The van der Waals surface area contributed by atoms with E-state index in [0.717, 1.165) is 17.1 Å². The molecule has 2 aromatic rings. The van der Waals surface area contributed by atoms with Gasteiger partial charge in [-0.2, -0.15) is 0 Å². The maximum absolute atomic E-state index is 12.0. The van der Waals surface area contributed by atoms with Crippen LogP contribution in [0.25, 0.3) is 0 Å². The Bertz CT molecular complexity index is 768. The number of amides is 1. The lowest BCUT2D eigenvalue weighted by molar-refractivity contribution is 0.102. The summed E-state index contributed by atoms with van der Waals surface area (Å²) in [5, 5.41) is 11.5. The van der Waals surface area contributed by atoms with E-state index in [4.69, 9.17) is 5.14 Å². The summed E-state index contributed by atoms with van der Waals surface area (Å²) < 4.78 is 26.3. The molecule has 1 aromatic heterocycles. The first kappa shape index (κ1) is 14.6. The predicted molar refractivity (Wildman–Crippen MR) is 75.2 cm³/mol. The van der Waals surface area contributed by atoms with E-state index < -0.39 is 10.0 Å². The van der Waals surface area contributed by atoms with Crippen LogP contribution in [0.5, 0.6) is 0 Å². The second-order valence-corrected chi connectivity index (χ2v) is 6.48. The minimum atomic E-state index is -3.81. The molecule has 0 saturated heterocycles. The van der Waals surface area contributed by atoms with E-state index in [9.17, 15) is 13.2 Å². The van der Waals surface area contributed by atoms with Gasteiger partial charge in [0.05, 0.1) is 10.6 Å². The first-order chi connectivity index (χ1) is 9.29. The van der Waals surface area contributed by atoms with Crippen LogP contribution in [0.15, 0.2) is 23.1 Å². The fraction of sp³-hybridized carbons (Fsp3) is 0.182. The monoisotopic (exact) mass is 312 g/mol. The SMILES string of the molecule is Cc1ccc(S(N)(=O)=O)cc1NC(=O)c1snnc1C. The van der Waals surface area contributed by atoms with Gasteiger partial charge < -0.3 is 5.32 Å². The third-order valence-corrected chi connectivity index (χ3v) is 4.38. The van der Waals surface area contributed by atoms with Gasteiger partial charge in [-0.3, -0.25) is 4.79 Å². The standard InChI is InChI=1S/C11H12N4O3S2/c1-6-3-4-8(20(12,17)18)5-9(6)13-11(16)10-7(2)14-15-19-10/h3-5H,1-2H3,(H,13,16)(H2,12,17,18). The van der Waals surface area contributed by atoms with Crippen molar-refractivity contribution in [3.8, 4) is 0 Å². The largest absolute Gasteiger partial charge is 0.321 e. The second kappa shape index (κ2) is 5.27. The lowest BCUT2D eigenvalue weighted by Gasteiger charge is -2.09. The van der Waals surface area contributed by atoms with Crippen LogP contribution < -0.4 is 10.5 Å². The molecule has 0 bridgehead atoms. The number of primary sulfonamides is 1. The molecule has 7 nitrogen and oxygen atoms in total. The van der Waals surface area contributed by atoms with Crippen molar-refractivity contribution in [3.05, 3.63) is 34.3 Å². The van der Waals surface area contributed by atoms with Crippen molar-refractivity contribution in [2.45, 2.75) is 18.7 Å². The van der Waals surface area contributed by atoms with Crippen molar-refractivity contribution in [1.82, 2.24) is 9.59 Å². The average Bonchev–Trinajstić information content (AvgIpc) is 2.77. The number of aryl methyl sites for hydroxylation is 2. The Balaban J connectivity index is 2.34. The number of aromatic nitrogens is 2. The number of benzene rings is 1. The Morgan fingerprint density at radius 3 is 2.60 bits per heavy atom. The molecule has 3 N–H and O–H groups in total. The van der Waals surface area contributed by atoms with Crippen molar-refractivity contribution < 1.29 is 13.2 Å². The number of sulfonamides is 1. The molecule has 0 aliphatic carbocycles. The van der Waals surface area contributed by atoms with Crippen LogP contribution in [0.4, 0.5) is 5.69 Å². The van der Waals surface area contributed by atoms with Gasteiger partial charge in [-0.1, -0.05) is 10.6 Å². The molecule has 0 unspecified atom stereocenters. The molecule has 1 aromatic carbocycles. The van der Waals surface area contributed by atoms with Gasteiger partial charge >= 0.3 is 0 Å². The van der Waals surface area contributed by atoms with E-state index in [1.54, 1.807) is 19.9 Å². The zero-order chi connectivity index (χ0) is 14.9. The van der Waals surface area contributed by atoms with Gasteiger partial charge in [-0.25, -0.2) is 13.6 Å². The Morgan fingerprint density at radius 2 is 2.05 bits per heavy atom. The van der Waals surface area contributed by atoms with Gasteiger partial charge in [0.25, 0.3) is 5.91 Å². The zero-order valence-corrected chi connectivity index (χ0v) is 12.4. The van der Waals surface area contributed by atoms with Crippen LogP contribution in [-0.4, -0.2) is 23.9 Å². The molecule has 106 valence electrons. The summed E-state index contributed by atoms with van der Waals surface area (Å²) in [6.07, 6.45) is 0. The highest BCUT2D eigenvalue weighted by molar-refractivity contribution is 7.89. The summed E-state index contributed by atoms with van der Waals surface area (Å²) in [4.78, 5) is 12.4. The van der Waals surface area contributed by atoms with Crippen molar-refractivity contribution in [2.75, 3.05) is 5.32 Å². The van der Waals surface area contributed by atoms with Gasteiger partial charge in [0.15, 0.2) is 0 Å². The molecule has 0 aliphatic heterocycles. The van der Waals surface area contributed by atoms with E-state index in [0.29, 0.717) is 16.3 Å². The molecule has 0 atom stereocenters. The molecule has 2 rings (SSSR count). The van der Waals surface area contributed by atoms with Crippen molar-refractivity contribution >= 4 is 33.2 Å². The molecular formula is C11H12N4O3S2.